The second kappa shape index (κ2) is 3.57. The third-order valence-corrected chi connectivity index (χ3v) is 2.12. The van der Waals surface area contributed by atoms with Gasteiger partial charge in [-0.15, -0.1) is 0 Å². The maximum Gasteiger partial charge on any atom is 0.255 e. The Bertz CT molecular complexity index is 548. The number of hydrogen-bond donors (Lipinski definition) is 2. The molecule has 0 saturated carbocycles. The van der Waals surface area contributed by atoms with Crippen molar-refractivity contribution in [2.24, 2.45) is 0 Å². The van der Waals surface area contributed by atoms with E-state index in [2.05, 4.69) is 4.98 Å². The Kier molecular flexibility index (Phi) is 2.25. The summed E-state index contributed by atoms with van der Waals surface area (Å²) in [4.78, 5) is 14.0. The second-order valence-electron chi connectivity index (χ2n) is 3.14. The number of aromatic nitrogens is 1. The fraction of sp³-hybridized carbons (Fsp3) is 0. The van der Waals surface area contributed by atoms with E-state index >= 15 is 0 Å². The first-order chi connectivity index (χ1) is 7.18. The van der Waals surface area contributed by atoms with Crippen molar-refractivity contribution >= 4 is 5.69 Å². The standard InChI is InChI=1S/C11H9FN2O/c12-7-3-4-10(13)9(6-7)8-2-1-5-14-11(8)15/h1-6H,13H2,(H,14,15). The van der Waals surface area contributed by atoms with E-state index in [9.17, 15) is 9.18 Å². The van der Waals surface area contributed by atoms with Gasteiger partial charge in [-0.25, -0.2) is 4.39 Å². The number of nitrogens with one attached hydrogen (secondary N) is 1. The molecule has 0 aliphatic rings. The molecule has 0 unspecified atom stereocenters. The van der Waals surface area contributed by atoms with Gasteiger partial charge in [-0.3, -0.25) is 4.79 Å². The summed E-state index contributed by atoms with van der Waals surface area (Å²) in [5.41, 5.74) is 6.55. The Labute approximate surface area is 85.4 Å². The number of H-pyrrole nitrogens is 1. The summed E-state index contributed by atoms with van der Waals surface area (Å²) in [5, 5.41) is 0. The number of aromatic amines is 1. The molecule has 3 nitrogen and oxygen atoms in total. The zero-order valence-electron chi connectivity index (χ0n) is 7.83. The molecule has 0 spiro atoms. The van der Waals surface area contributed by atoms with Crippen molar-refractivity contribution in [3.8, 4) is 11.1 Å². The maximum absolute atomic E-state index is 13.0. The molecule has 0 bridgehead atoms. The molecule has 0 atom stereocenters. The summed E-state index contributed by atoms with van der Waals surface area (Å²) in [6.45, 7) is 0. The van der Waals surface area contributed by atoms with Crippen LogP contribution >= 0.6 is 0 Å². The third-order valence-electron chi connectivity index (χ3n) is 2.12. The number of nitrogen functional groups attached to an aromatic ring is 1. The monoisotopic (exact) mass is 204 g/mol. The number of benzene rings is 1. The van der Waals surface area contributed by atoms with Crippen LogP contribution in [0.25, 0.3) is 11.1 Å². The van der Waals surface area contributed by atoms with E-state index in [1.807, 2.05) is 0 Å². The Balaban J connectivity index is 2.69. The predicted molar refractivity (Wildman–Crippen MR) is 56.9 cm³/mol. The van der Waals surface area contributed by atoms with Crippen molar-refractivity contribution in [3.05, 3.63) is 52.7 Å². The van der Waals surface area contributed by atoms with Crippen molar-refractivity contribution in [2.75, 3.05) is 5.73 Å². The molecule has 0 radical (unpaired) electrons. The first kappa shape index (κ1) is 9.45. The minimum Gasteiger partial charge on any atom is -0.398 e. The molecule has 0 amide bonds. The van der Waals surface area contributed by atoms with Crippen LogP contribution in [0.2, 0.25) is 0 Å². The van der Waals surface area contributed by atoms with E-state index in [4.69, 9.17) is 5.73 Å². The summed E-state index contributed by atoms with van der Waals surface area (Å²) in [7, 11) is 0. The van der Waals surface area contributed by atoms with Gasteiger partial charge in [0, 0.05) is 23.0 Å². The molecule has 1 heterocycles. The first-order valence-corrected chi connectivity index (χ1v) is 4.41. The van der Waals surface area contributed by atoms with Gasteiger partial charge in [0.15, 0.2) is 0 Å². The van der Waals surface area contributed by atoms with Crippen LogP contribution in [-0.2, 0) is 0 Å². The highest BCUT2D eigenvalue weighted by Crippen LogP contribution is 2.23. The summed E-state index contributed by atoms with van der Waals surface area (Å²) in [5.74, 6) is -0.414. The second-order valence-corrected chi connectivity index (χ2v) is 3.14. The Hall–Kier alpha value is -2.10. The molecule has 2 aromatic rings. The maximum atomic E-state index is 13.0. The van der Waals surface area contributed by atoms with Gasteiger partial charge in [-0.1, -0.05) is 0 Å². The number of rotatable bonds is 1. The lowest BCUT2D eigenvalue weighted by molar-refractivity contribution is 0.628. The number of pyridine rings is 1. The number of anilines is 1. The van der Waals surface area contributed by atoms with Crippen molar-refractivity contribution in [2.45, 2.75) is 0 Å². The summed E-state index contributed by atoms with van der Waals surface area (Å²) >= 11 is 0. The van der Waals surface area contributed by atoms with Crippen LogP contribution in [0.5, 0.6) is 0 Å². The molecule has 3 N–H and O–H groups in total. The van der Waals surface area contributed by atoms with Gasteiger partial charge in [-0.05, 0) is 30.3 Å². The van der Waals surface area contributed by atoms with E-state index in [0.717, 1.165) is 0 Å². The van der Waals surface area contributed by atoms with Crippen molar-refractivity contribution in [3.63, 3.8) is 0 Å². The average molecular weight is 204 g/mol. The average Bonchev–Trinajstić information content (AvgIpc) is 2.23. The SMILES string of the molecule is Nc1ccc(F)cc1-c1ccc[nH]c1=O. The fourth-order valence-corrected chi connectivity index (χ4v) is 1.40. The Morgan fingerprint density at radius 1 is 1.20 bits per heavy atom. The van der Waals surface area contributed by atoms with Crippen LogP contribution in [-0.4, -0.2) is 4.98 Å². The molecule has 0 aliphatic heterocycles. The minimum atomic E-state index is -0.414. The van der Waals surface area contributed by atoms with Gasteiger partial charge >= 0.3 is 0 Å². The Morgan fingerprint density at radius 3 is 2.73 bits per heavy atom. The molecule has 0 fully saturated rings. The Morgan fingerprint density at radius 2 is 2.00 bits per heavy atom. The van der Waals surface area contributed by atoms with Crippen LogP contribution in [0.15, 0.2) is 41.3 Å². The van der Waals surface area contributed by atoms with Gasteiger partial charge in [0.2, 0.25) is 0 Å². The first-order valence-electron chi connectivity index (χ1n) is 4.41. The lowest BCUT2D eigenvalue weighted by atomic mass is 10.1. The fourth-order valence-electron chi connectivity index (χ4n) is 1.40. The highest BCUT2D eigenvalue weighted by molar-refractivity contribution is 5.75. The van der Waals surface area contributed by atoms with Crippen LogP contribution in [0.1, 0.15) is 0 Å². The van der Waals surface area contributed by atoms with E-state index in [-0.39, 0.29) is 5.56 Å². The van der Waals surface area contributed by atoms with Crippen LogP contribution in [0.3, 0.4) is 0 Å². The summed E-state index contributed by atoms with van der Waals surface area (Å²) in [6, 6.07) is 7.22. The molecule has 15 heavy (non-hydrogen) atoms. The quantitative estimate of drug-likeness (QED) is 0.695. The van der Waals surface area contributed by atoms with Crippen molar-refractivity contribution in [1.82, 2.24) is 4.98 Å². The van der Waals surface area contributed by atoms with Gasteiger partial charge < -0.3 is 10.7 Å². The zero-order valence-corrected chi connectivity index (χ0v) is 7.83. The minimum absolute atomic E-state index is 0.283. The molecule has 4 heteroatoms. The normalized spacial score (nSPS) is 10.2. The van der Waals surface area contributed by atoms with Gasteiger partial charge in [0.1, 0.15) is 5.82 Å². The lowest BCUT2D eigenvalue weighted by Gasteiger charge is -2.04. The van der Waals surface area contributed by atoms with Gasteiger partial charge in [-0.2, -0.15) is 0 Å². The van der Waals surface area contributed by atoms with Crippen molar-refractivity contribution < 1.29 is 4.39 Å². The van der Waals surface area contributed by atoms with Crippen molar-refractivity contribution in [1.29, 1.82) is 0 Å². The van der Waals surface area contributed by atoms with E-state index in [1.165, 1.54) is 24.4 Å². The van der Waals surface area contributed by atoms with E-state index in [0.29, 0.717) is 16.8 Å². The third kappa shape index (κ3) is 1.74. The highest BCUT2D eigenvalue weighted by Gasteiger charge is 2.07. The topological polar surface area (TPSA) is 58.9 Å². The molecule has 2 rings (SSSR count). The zero-order chi connectivity index (χ0) is 10.8. The largest absolute Gasteiger partial charge is 0.398 e. The number of nitrogens with two attached hydrogens (primary N) is 1. The smallest absolute Gasteiger partial charge is 0.255 e. The van der Waals surface area contributed by atoms with Crippen LogP contribution in [0, 0.1) is 5.82 Å². The number of halogens is 1. The van der Waals surface area contributed by atoms with Crippen LogP contribution < -0.4 is 11.3 Å². The summed E-state index contributed by atoms with van der Waals surface area (Å²) in [6.07, 6.45) is 1.52. The molecule has 76 valence electrons. The predicted octanol–water partition coefficient (Wildman–Crippen LogP) is 1.76. The molecular weight excluding hydrogens is 195 g/mol. The molecular formula is C11H9FN2O. The van der Waals surface area contributed by atoms with Gasteiger partial charge in [0.25, 0.3) is 5.56 Å². The molecule has 1 aromatic heterocycles. The molecule has 1 aromatic carbocycles. The lowest BCUT2D eigenvalue weighted by Crippen LogP contribution is -2.08. The van der Waals surface area contributed by atoms with E-state index in [1.54, 1.807) is 12.1 Å². The van der Waals surface area contributed by atoms with Crippen LogP contribution in [0.4, 0.5) is 10.1 Å². The highest BCUT2D eigenvalue weighted by atomic mass is 19.1. The van der Waals surface area contributed by atoms with Gasteiger partial charge in [0.05, 0.1) is 0 Å². The summed E-state index contributed by atoms with van der Waals surface area (Å²) < 4.78 is 13.0. The molecule has 0 aliphatic carbocycles. The number of hydrogen-bond acceptors (Lipinski definition) is 2. The van der Waals surface area contributed by atoms with E-state index < -0.39 is 5.82 Å². The molecule has 0 saturated heterocycles.